The van der Waals surface area contributed by atoms with Crippen LogP contribution in [0.2, 0.25) is 0 Å². The lowest BCUT2D eigenvalue weighted by Gasteiger charge is -2.16. The highest BCUT2D eigenvalue weighted by molar-refractivity contribution is 5.85. The van der Waals surface area contributed by atoms with Gasteiger partial charge in [0.05, 0.1) is 11.9 Å². The number of carboxylic acids is 1. The Bertz CT molecular complexity index is 513. The van der Waals surface area contributed by atoms with E-state index in [0.717, 1.165) is 5.69 Å². The average molecular weight is 230 g/mol. The molecule has 0 fully saturated rings. The van der Waals surface area contributed by atoms with Crippen molar-refractivity contribution in [2.45, 2.75) is 0 Å². The second kappa shape index (κ2) is 4.56. The summed E-state index contributed by atoms with van der Waals surface area (Å²) in [4.78, 5) is 16.4. The first-order valence-electron chi connectivity index (χ1n) is 4.89. The number of hydrogen-bond acceptors (Lipinski definition) is 5. The molecular weight excluding hydrogens is 220 g/mol. The van der Waals surface area contributed by atoms with Gasteiger partial charge in [-0.3, -0.25) is 4.98 Å². The molecule has 2 heterocycles. The van der Waals surface area contributed by atoms with Crippen LogP contribution in [0.4, 0.5) is 11.5 Å². The van der Waals surface area contributed by atoms with Gasteiger partial charge in [-0.15, -0.1) is 10.2 Å². The lowest BCUT2D eigenvalue weighted by atomic mass is 10.3. The van der Waals surface area contributed by atoms with E-state index in [4.69, 9.17) is 5.11 Å². The van der Waals surface area contributed by atoms with Crippen molar-refractivity contribution in [3.63, 3.8) is 0 Å². The molecule has 6 nitrogen and oxygen atoms in total. The van der Waals surface area contributed by atoms with E-state index in [1.54, 1.807) is 23.4 Å². The Morgan fingerprint density at radius 1 is 1.29 bits per heavy atom. The molecule has 0 atom stereocenters. The van der Waals surface area contributed by atoms with Crippen LogP contribution in [0.3, 0.4) is 0 Å². The summed E-state index contributed by atoms with van der Waals surface area (Å²) in [6.07, 6.45) is 3.36. The summed E-state index contributed by atoms with van der Waals surface area (Å²) in [7, 11) is 1.81. The minimum Gasteiger partial charge on any atom is -0.476 e. The minimum atomic E-state index is -1.09. The normalized spacial score (nSPS) is 9.94. The number of aromatic carboxylic acids is 1. The Hall–Kier alpha value is -2.50. The molecule has 17 heavy (non-hydrogen) atoms. The van der Waals surface area contributed by atoms with E-state index in [1.807, 2.05) is 19.2 Å². The highest BCUT2D eigenvalue weighted by atomic mass is 16.4. The van der Waals surface area contributed by atoms with E-state index in [2.05, 4.69) is 15.2 Å². The van der Waals surface area contributed by atoms with E-state index < -0.39 is 5.97 Å². The molecule has 0 radical (unpaired) electrons. The summed E-state index contributed by atoms with van der Waals surface area (Å²) in [5, 5.41) is 16.2. The van der Waals surface area contributed by atoms with Gasteiger partial charge in [0.2, 0.25) is 0 Å². The second-order valence-electron chi connectivity index (χ2n) is 3.35. The summed E-state index contributed by atoms with van der Waals surface area (Å²) in [6.45, 7) is 0. The second-order valence-corrected chi connectivity index (χ2v) is 3.35. The number of anilines is 2. The van der Waals surface area contributed by atoms with Crippen LogP contribution in [0.25, 0.3) is 0 Å². The van der Waals surface area contributed by atoms with Gasteiger partial charge in [-0.05, 0) is 24.3 Å². The highest BCUT2D eigenvalue weighted by Crippen LogP contribution is 2.19. The number of carboxylic acid groups (broad SMARTS) is 1. The average Bonchev–Trinajstić information content (AvgIpc) is 2.39. The molecule has 0 amide bonds. The van der Waals surface area contributed by atoms with Crippen LogP contribution in [0, 0.1) is 0 Å². The van der Waals surface area contributed by atoms with Gasteiger partial charge >= 0.3 is 5.97 Å². The lowest BCUT2D eigenvalue weighted by molar-refractivity contribution is 0.0689. The molecule has 0 bridgehead atoms. The molecule has 2 aromatic rings. The summed E-state index contributed by atoms with van der Waals surface area (Å²) in [5.41, 5.74) is 0.776. The van der Waals surface area contributed by atoms with Crippen molar-refractivity contribution in [2.75, 3.05) is 11.9 Å². The number of aromatic nitrogens is 3. The number of hydrogen-bond donors (Lipinski definition) is 1. The Balaban J connectivity index is 2.26. The van der Waals surface area contributed by atoms with Gasteiger partial charge < -0.3 is 10.0 Å². The van der Waals surface area contributed by atoms with Crippen LogP contribution in [0.15, 0.2) is 36.7 Å². The summed E-state index contributed by atoms with van der Waals surface area (Å²) in [6, 6.07) is 6.70. The lowest BCUT2D eigenvalue weighted by Crippen LogP contribution is -2.13. The van der Waals surface area contributed by atoms with Gasteiger partial charge in [0.25, 0.3) is 0 Å². The fraction of sp³-hybridized carbons (Fsp3) is 0.0909. The number of rotatable bonds is 3. The van der Waals surface area contributed by atoms with E-state index in [-0.39, 0.29) is 5.69 Å². The van der Waals surface area contributed by atoms with Crippen molar-refractivity contribution in [3.05, 3.63) is 42.4 Å². The molecule has 2 rings (SSSR count). The fourth-order valence-electron chi connectivity index (χ4n) is 1.30. The number of carbonyl (C=O) groups is 1. The molecule has 2 aromatic heterocycles. The van der Waals surface area contributed by atoms with Crippen LogP contribution >= 0.6 is 0 Å². The van der Waals surface area contributed by atoms with Crippen molar-refractivity contribution in [1.82, 2.24) is 15.2 Å². The maximum atomic E-state index is 10.6. The molecule has 86 valence electrons. The van der Waals surface area contributed by atoms with E-state index in [9.17, 15) is 4.79 Å². The fourth-order valence-corrected chi connectivity index (χ4v) is 1.30. The summed E-state index contributed by atoms with van der Waals surface area (Å²) >= 11 is 0. The molecule has 0 aromatic carbocycles. The van der Waals surface area contributed by atoms with Crippen molar-refractivity contribution in [3.8, 4) is 0 Å². The van der Waals surface area contributed by atoms with Crippen molar-refractivity contribution in [2.24, 2.45) is 0 Å². The predicted molar refractivity (Wildman–Crippen MR) is 61.3 cm³/mol. The van der Waals surface area contributed by atoms with Crippen LogP contribution in [-0.2, 0) is 0 Å². The van der Waals surface area contributed by atoms with Crippen molar-refractivity contribution in [1.29, 1.82) is 0 Å². The zero-order valence-electron chi connectivity index (χ0n) is 9.11. The molecule has 0 aliphatic rings. The first-order chi connectivity index (χ1) is 8.18. The van der Waals surface area contributed by atoms with Gasteiger partial charge in [-0.1, -0.05) is 0 Å². The first-order valence-corrected chi connectivity index (χ1v) is 4.89. The first kappa shape index (κ1) is 11.0. The molecule has 0 aliphatic carbocycles. The maximum absolute atomic E-state index is 10.6. The van der Waals surface area contributed by atoms with Gasteiger partial charge in [0, 0.05) is 13.2 Å². The third kappa shape index (κ3) is 2.36. The Kier molecular flexibility index (Phi) is 2.95. The van der Waals surface area contributed by atoms with Crippen LogP contribution in [0.5, 0.6) is 0 Å². The Morgan fingerprint density at radius 3 is 2.65 bits per heavy atom. The molecule has 1 N–H and O–H groups in total. The molecule has 0 saturated heterocycles. The van der Waals surface area contributed by atoms with Crippen LogP contribution < -0.4 is 4.90 Å². The standard InChI is InChI=1S/C11H10N4O2/c1-15(8-3-2-6-12-7-8)10-5-4-9(11(16)17)13-14-10/h2-7H,1H3,(H,16,17). The zero-order chi connectivity index (χ0) is 12.3. The van der Waals surface area contributed by atoms with E-state index in [1.165, 1.54) is 6.07 Å². The summed E-state index contributed by atoms with van der Waals surface area (Å²) in [5.74, 6) is -0.531. The number of pyridine rings is 1. The molecule has 0 unspecified atom stereocenters. The topological polar surface area (TPSA) is 79.2 Å². The van der Waals surface area contributed by atoms with Gasteiger partial charge in [0.1, 0.15) is 0 Å². The quantitative estimate of drug-likeness (QED) is 0.857. The van der Waals surface area contributed by atoms with Crippen LogP contribution in [-0.4, -0.2) is 33.3 Å². The zero-order valence-corrected chi connectivity index (χ0v) is 9.11. The molecule has 0 saturated carbocycles. The van der Waals surface area contributed by atoms with Gasteiger partial charge in [0.15, 0.2) is 11.5 Å². The van der Waals surface area contributed by atoms with Crippen LogP contribution in [0.1, 0.15) is 10.5 Å². The predicted octanol–water partition coefficient (Wildman–Crippen LogP) is 1.34. The Morgan fingerprint density at radius 2 is 2.12 bits per heavy atom. The highest BCUT2D eigenvalue weighted by Gasteiger charge is 2.08. The third-order valence-corrected chi connectivity index (χ3v) is 2.25. The monoisotopic (exact) mass is 230 g/mol. The molecule has 0 aliphatic heterocycles. The molecule has 0 spiro atoms. The minimum absolute atomic E-state index is 0.0756. The molecule has 6 heteroatoms. The van der Waals surface area contributed by atoms with Crippen molar-refractivity contribution >= 4 is 17.5 Å². The van der Waals surface area contributed by atoms with Gasteiger partial charge in [-0.2, -0.15) is 0 Å². The summed E-state index contributed by atoms with van der Waals surface area (Å²) < 4.78 is 0. The molecular formula is C11H10N4O2. The SMILES string of the molecule is CN(c1cccnc1)c1ccc(C(=O)O)nn1. The van der Waals surface area contributed by atoms with Crippen molar-refractivity contribution < 1.29 is 9.90 Å². The number of nitrogens with zero attached hydrogens (tertiary/aromatic N) is 4. The smallest absolute Gasteiger partial charge is 0.356 e. The maximum Gasteiger partial charge on any atom is 0.356 e. The van der Waals surface area contributed by atoms with Gasteiger partial charge in [-0.25, -0.2) is 4.79 Å². The van der Waals surface area contributed by atoms with E-state index in [0.29, 0.717) is 5.82 Å². The largest absolute Gasteiger partial charge is 0.476 e. The third-order valence-electron chi connectivity index (χ3n) is 2.25. The van der Waals surface area contributed by atoms with E-state index >= 15 is 0 Å². The Labute approximate surface area is 97.6 Å².